The average Bonchev–Trinajstić information content (AvgIpc) is 2.49. The lowest BCUT2D eigenvalue weighted by Gasteiger charge is -2.17. The number of benzene rings is 1. The molecule has 108 valence electrons. The van der Waals surface area contributed by atoms with E-state index in [0.717, 1.165) is 49.1 Å². The third-order valence-electron chi connectivity index (χ3n) is 3.52. The van der Waals surface area contributed by atoms with Gasteiger partial charge in [-0.15, -0.1) is 0 Å². The highest BCUT2D eigenvalue weighted by atomic mass is 19.1. The Kier molecular flexibility index (Phi) is 3.60. The number of nitrogens with one attached hydrogen (secondary N) is 1. The molecule has 3 rings (SSSR count). The highest BCUT2D eigenvalue weighted by Crippen LogP contribution is 2.22. The van der Waals surface area contributed by atoms with Crippen molar-refractivity contribution in [3.63, 3.8) is 0 Å². The molecule has 1 aliphatic carbocycles. The SMILES string of the molecule is O=C(Nc1ccc(F)cc1F)c1ncnc2c1CCCC2. The number of anilines is 1. The fourth-order valence-electron chi connectivity index (χ4n) is 2.49. The monoisotopic (exact) mass is 289 g/mol. The molecule has 0 saturated heterocycles. The Morgan fingerprint density at radius 3 is 2.76 bits per heavy atom. The van der Waals surface area contributed by atoms with Gasteiger partial charge in [-0.05, 0) is 37.8 Å². The summed E-state index contributed by atoms with van der Waals surface area (Å²) in [4.78, 5) is 20.5. The van der Waals surface area contributed by atoms with Gasteiger partial charge in [-0.25, -0.2) is 18.7 Å². The van der Waals surface area contributed by atoms with Gasteiger partial charge in [-0.2, -0.15) is 0 Å². The highest BCUT2D eigenvalue weighted by Gasteiger charge is 2.20. The zero-order valence-corrected chi connectivity index (χ0v) is 11.2. The summed E-state index contributed by atoms with van der Waals surface area (Å²) >= 11 is 0. The number of hydrogen-bond acceptors (Lipinski definition) is 3. The molecule has 1 aromatic heterocycles. The van der Waals surface area contributed by atoms with E-state index in [-0.39, 0.29) is 11.4 Å². The van der Waals surface area contributed by atoms with Crippen LogP contribution in [0.25, 0.3) is 0 Å². The number of carbonyl (C=O) groups excluding carboxylic acids is 1. The van der Waals surface area contributed by atoms with Gasteiger partial charge in [0.2, 0.25) is 0 Å². The number of fused-ring (bicyclic) bond motifs is 1. The number of rotatable bonds is 2. The van der Waals surface area contributed by atoms with Gasteiger partial charge in [-0.3, -0.25) is 4.79 Å². The summed E-state index contributed by atoms with van der Waals surface area (Å²) in [6, 6.07) is 3.01. The van der Waals surface area contributed by atoms with Gasteiger partial charge in [0.25, 0.3) is 5.91 Å². The lowest BCUT2D eigenvalue weighted by molar-refractivity contribution is 0.102. The quantitative estimate of drug-likeness (QED) is 0.925. The van der Waals surface area contributed by atoms with E-state index in [9.17, 15) is 13.6 Å². The van der Waals surface area contributed by atoms with Crippen molar-refractivity contribution in [2.24, 2.45) is 0 Å². The summed E-state index contributed by atoms with van der Waals surface area (Å²) < 4.78 is 26.4. The predicted octanol–water partition coefficient (Wildman–Crippen LogP) is 2.89. The van der Waals surface area contributed by atoms with E-state index in [0.29, 0.717) is 0 Å². The number of aryl methyl sites for hydroxylation is 1. The molecule has 1 amide bonds. The number of hydrogen-bond donors (Lipinski definition) is 1. The van der Waals surface area contributed by atoms with Crippen molar-refractivity contribution >= 4 is 11.6 Å². The fourth-order valence-corrected chi connectivity index (χ4v) is 2.49. The van der Waals surface area contributed by atoms with Crippen LogP contribution < -0.4 is 5.32 Å². The van der Waals surface area contributed by atoms with Gasteiger partial charge in [0.1, 0.15) is 23.7 Å². The molecule has 0 aliphatic heterocycles. The highest BCUT2D eigenvalue weighted by molar-refractivity contribution is 6.04. The number of halogens is 2. The van der Waals surface area contributed by atoms with Gasteiger partial charge in [-0.1, -0.05) is 0 Å². The summed E-state index contributed by atoms with van der Waals surface area (Å²) in [6.45, 7) is 0. The summed E-state index contributed by atoms with van der Waals surface area (Å²) in [5.41, 5.74) is 1.90. The minimum Gasteiger partial charge on any atom is -0.318 e. The van der Waals surface area contributed by atoms with Crippen LogP contribution in [0.1, 0.15) is 34.6 Å². The van der Waals surface area contributed by atoms with Crippen molar-refractivity contribution in [1.82, 2.24) is 9.97 Å². The maximum absolute atomic E-state index is 13.6. The maximum atomic E-state index is 13.6. The van der Waals surface area contributed by atoms with Gasteiger partial charge in [0.15, 0.2) is 0 Å². The molecule has 1 N–H and O–H groups in total. The molecular formula is C15H13F2N3O. The predicted molar refractivity (Wildman–Crippen MR) is 73.0 cm³/mol. The van der Waals surface area contributed by atoms with Crippen LogP contribution in [0.15, 0.2) is 24.5 Å². The zero-order chi connectivity index (χ0) is 14.8. The molecule has 1 aliphatic rings. The molecule has 0 fully saturated rings. The lowest BCUT2D eigenvalue weighted by Crippen LogP contribution is -2.20. The van der Waals surface area contributed by atoms with Crippen molar-refractivity contribution in [2.75, 3.05) is 5.32 Å². The van der Waals surface area contributed by atoms with Crippen molar-refractivity contribution in [3.8, 4) is 0 Å². The molecule has 0 atom stereocenters. The van der Waals surface area contributed by atoms with Crippen LogP contribution in [-0.2, 0) is 12.8 Å². The molecule has 0 bridgehead atoms. The van der Waals surface area contributed by atoms with E-state index in [1.807, 2.05) is 0 Å². The van der Waals surface area contributed by atoms with Gasteiger partial charge in [0.05, 0.1) is 5.69 Å². The van der Waals surface area contributed by atoms with Crippen LogP contribution >= 0.6 is 0 Å². The zero-order valence-electron chi connectivity index (χ0n) is 11.2. The molecule has 4 nitrogen and oxygen atoms in total. The molecule has 0 radical (unpaired) electrons. The largest absolute Gasteiger partial charge is 0.318 e. The normalized spacial score (nSPS) is 13.6. The van der Waals surface area contributed by atoms with Crippen molar-refractivity contribution < 1.29 is 13.6 Å². The first-order valence-corrected chi connectivity index (χ1v) is 6.74. The third kappa shape index (κ3) is 2.74. The topological polar surface area (TPSA) is 54.9 Å². The van der Waals surface area contributed by atoms with Crippen LogP contribution in [0.4, 0.5) is 14.5 Å². The second-order valence-corrected chi connectivity index (χ2v) is 4.93. The summed E-state index contributed by atoms with van der Waals surface area (Å²) in [5.74, 6) is -2.00. The molecule has 2 aromatic rings. The van der Waals surface area contributed by atoms with E-state index >= 15 is 0 Å². The van der Waals surface area contributed by atoms with Gasteiger partial charge < -0.3 is 5.32 Å². The average molecular weight is 289 g/mol. The number of carbonyl (C=O) groups is 1. The Labute approximate surface area is 120 Å². The summed E-state index contributed by atoms with van der Waals surface area (Å²) in [6.07, 6.45) is 4.93. The number of amides is 1. The van der Waals surface area contributed by atoms with Crippen molar-refractivity contribution in [1.29, 1.82) is 0 Å². The Balaban J connectivity index is 1.89. The number of nitrogens with zero attached hydrogens (tertiary/aromatic N) is 2. The minimum absolute atomic E-state index is 0.0652. The van der Waals surface area contributed by atoms with Crippen LogP contribution in [0.3, 0.4) is 0 Å². The Morgan fingerprint density at radius 1 is 1.14 bits per heavy atom. The molecular weight excluding hydrogens is 276 g/mol. The van der Waals surface area contributed by atoms with E-state index in [1.54, 1.807) is 0 Å². The van der Waals surface area contributed by atoms with E-state index in [2.05, 4.69) is 15.3 Å². The lowest BCUT2D eigenvalue weighted by atomic mass is 9.94. The standard InChI is InChI=1S/C15H13F2N3O/c16-9-5-6-13(11(17)7-9)20-15(21)14-10-3-1-2-4-12(10)18-8-19-14/h5-8H,1-4H2,(H,20,21). The van der Waals surface area contributed by atoms with Crippen LogP contribution in [0.5, 0.6) is 0 Å². The fraction of sp³-hybridized carbons (Fsp3) is 0.267. The maximum Gasteiger partial charge on any atom is 0.274 e. The first kappa shape index (κ1) is 13.6. The van der Waals surface area contributed by atoms with Crippen LogP contribution in [-0.4, -0.2) is 15.9 Å². The molecule has 0 spiro atoms. The van der Waals surface area contributed by atoms with Crippen LogP contribution in [0, 0.1) is 11.6 Å². The smallest absolute Gasteiger partial charge is 0.274 e. The molecule has 1 heterocycles. The minimum atomic E-state index is -0.814. The third-order valence-corrected chi connectivity index (χ3v) is 3.52. The number of aromatic nitrogens is 2. The molecule has 6 heteroatoms. The summed E-state index contributed by atoms with van der Waals surface area (Å²) in [5, 5.41) is 2.43. The van der Waals surface area contributed by atoms with Gasteiger partial charge >= 0.3 is 0 Å². The second-order valence-electron chi connectivity index (χ2n) is 4.93. The van der Waals surface area contributed by atoms with E-state index in [1.165, 1.54) is 12.4 Å². The van der Waals surface area contributed by atoms with E-state index < -0.39 is 17.5 Å². The van der Waals surface area contributed by atoms with Crippen molar-refractivity contribution in [3.05, 3.63) is 53.1 Å². The molecule has 1 aromatic carbocycles. The van der Waals surface area contributed by atoms with E-state index in [4.69, 9.17) is 0 Å². The van der Waals surface area contributed by atoms with Crippen molar-refractivity contribution in [2.45, 2.75) is 25.7 Å². The first-order valence-electron chi connectivity index (χ1n) is 6.74. The molecule has 21 heavy (non-hydrogen) atoms. The van der Waals surface area contributed by atoms with Crippen LogP contribution in [0.2, 0.25) is 0 Å². The Hall–Kier alpha value is -2.37. The molecule has 0 unspecified atom stereocenters. The second kappa shape index (κ2) is 5.55. The Bertz CT molecular complexity index is 703. The summed E-state index contributed by atoms with van der Waals surface area (Å²) in [7, 11) is 0. The molecule has 0 saturated carbocycles. The van der Waals surface area contributed by atoms with Gasteiger partial charge in [0, 0.05) is 17.3 Å². The first-order chi connectivity index (χ1) is 10.1. The Morgan fingerprint density at radius 2 is 1.95 bits per heavy atom.